The average molecular weight is 1550 g/mol. The molecule has 3 fully saturated rings. The molecule has 17 unspecified atom stereocenters. The lowest BCUT2D eigenvalue weighted by Crippen LogP contribution is -2.66. The van der Waals surface area contributed by atoms with E-state index in [2.05, 4.69) is 79.9 Å². The summed E-state index contributed by atoms with van der Waals surface area (Å²) in [7, 11) is 0. The highest BCUT2D eigenvalue weighted by atomic mass is 16.8. The van der Waals surface area contributed by atoms with Crippen molar-refractivity contribution >= 4 is 5.91 Å². The van der Waals surface area contributed by atoms with Crippen LogP contribution >= 0.6 is 0 Å². The minimum absolute atomic E-state index is 0.245. The third-order valence-electron chi connectivity index (χ3n) is 22.0. The zero-order valence-electron chi connectivity index (χ0n) is 68.5. The first-order valence-electron chi connectivity index (χ1n) is 44.7. The standard InChI is InChI=1S/C90H163NO18/c1-3-5-7-9-11-13-15-17-19-21-23-25-27-29-31-32-33-34-35-36-37-38-39-40-42-44-46-48-50-52-54-56-58-60-62-64-66-68-78(96)91-73(74(95)67-65-63-61-59-57-55-53-51-49-47-45-43-41-30-28-26-24-22-20-18-16-14-12-10-8-6-4-2)72-104-88-84(102)81(99)86(76(70-93)106-88)109-90-85(103)82(100)87(77(71-94)107-90)108-89-83(101)80(98)79(97)75(69-92)105-89/h5,7,11,13,17,19,23,25,29,31,65,67,73-77,79-90,92-95,97-103H,3-4,6,8-10,12,14-16,18,20-22,24,26-28,30,32-64,66,68-72H2,1-2H3,(H,91,96)/b7-5-,13-11-,19-17-,25-23-,31-29-,67-65+. The molecule has 3 aliphatic heterocycles. The summed E-state index contributed by atoms with van der Waals surface area (Å²) >= 11 is 0. The minimum Gasteiger partial charge on any atom is -0.394 e. The molecule has 19 nitrogen and oxygen atoms in total. The van der Waals surface area contributed by atoms with Crippen LogP contribution in [0.25, 0.3) is 0 Å². The summed E-state index contributed by atoms with van der Waals surface area (Å²) < 4.78 is 34.5. The molecule has 0 aromatic rings. The zero-order chi connectivity index (χ0) is 78.8. The van der Waals surface area contributed by atoms with Gasteiger partial charge in [-0.3, -0.25) is 4.79 Å². The molecule has 3 saturated heterocycles. The number of unbranched alkanes of at least 4 members (excludes halogenated alkanes) is 46. The Morgan fingerprint density at radius 3 is 0.991 bits per heavy atom. The summed E-state index contributed by atoms with van der Waals surface area (Å²) in [6.07, 6.45) is 66.2. The van der Waals surface area contributed by atoms with E-state index in [9.17, 15) is 61.0 Å². The highest BCUT2D eigenvalue weighted by molar-refractivity contribution is 5.76. The van der Waals surface area contributed by atoms with Crippen LogP contribution in [0.4, 0.5) is 0 Å². The third kappa shape index (κ3) is 48.4. The van der Waals surface area contributed by atoms with Crippen LogP contribution in [0.5, 0.6) is 0 Å². The number of amides is 1. The normalized spacial score (nSPS) is 25.6. The van der Waals surface area contributed by atoms with Crippen LogP contribution in [0.15, 0.2) is 72.9 Å². The predicted molar refractivity (Wildman–Crippen MR) is 438 cm³/mol. The summed E-state index contributed by atoms with van der Waals surface area (Å²) in [5, 5.41) is 121. The Balaban J connectivity index is 1.32. The number of hydrogen-bond acceptors (Lipinski definition) is 18. The fraction of sp³-hybridized carbons (Fsp3) is 0.856. The monoisotopic (exact) mass is 1550 g/mol. The molecule has 0 bridgehead atoms. The molecule has 17 atom stereocenters. The Bertz CT molecular complexity index is 2250. The van der Waals surface area contributed by atoms with Gasteiger partial charge in [0.25, 0.3) is 0 Å². The highest BCUT2D eigenvalue weighted by Crippen LogP contribution is 2.34. The van der Waals surface area contributed by atoms with Crippen LogP contribution in [-0.4, -0.2) is 193 Å². The molecule has 109 heavy (non-hydrogen) atoms. The van der Waals surface area contributed by atoms with Crippen molar-refractivity contribution in [2.75, 3.05) is 26.4 Å². The summed E-state index contributed by atoms with van der Waals surface area (Å²) in [5.41, 5.74) is 0. The van der Waals surface area contributed by atoms with Crippen molar-refractivity contribution in [2.24, 2.45) is 0 Å². The van der Waals surface area contributed by atoms with E-state index >= 15 is 0 Å². The largest absolute Gasteiger partial charge is 0.394 e. The van der Waals surface area contributed by atoms with Crippen LogP contribution in [0, 0.1) is 0 Å². The topological polar surface area (TPSA) is 307 Å². The molecule has 1 amide bonds. The second kappa shape index (κ2) is 69.5. The van der Waals surface area contributed by atoms with Gasteiger partial charge in [0.05, 0.1) is 38.6 Å². The molecule has 0 spiro atoms. The van der Waals surface area contributed by atoms with Crippen molar-refractivity contribution in [3.05, 3.63) is 72.9 Å². The Labute approximate surface area is 661 Å². The number of aliphatic hydroxyl groups is 11. The Hall–Kier alpha value is -2.77. The number of nitrogens with one attached hydrogen (secondary N) is 1. The van der Waals surface area contributed by atoms with Gasteiger partial charge in [0.15, 0.2) is 18.9 Å². The van der Waals surface area contributed by atoms with Crippen molar-refractivity contribution in [1.82, 2.24) is 5.32 Å². The number of carbonyl (C=O) groups is 1. The second-order valence-electron chi connectivity index (χ2n) is 31.7. The van der Waals surface area contributed by atoms with Gasteiger partial charge in [-0.15, -0.1) is 0 Å². The van der Waals surface area contributed by atoms with Crippen molar-refractivity contribution in [3.8, 4) is 0 Å². The molecule has 12 N–H and O–H groups in total. The van der Waals surface area contributed by atoms with Gasteiger partial charge in [0, 0.05) is 6.42 Å². The highest BCUT2D eigenvalue weighted by Gasteiger charge is 2.54. The number of carbonyl (C=O) groups excluding carboxylic acids is 1. The van der Waals surface area contributed by atoms with Crippen molar-refractivity contribution in [2.45, 2.75) is 465 Å². The van der Waals surface area contributed by atoms with E-state index in [1.165, 1.54) is 257 Å². The third-order valence-corrected chi connectivity index (χ3v) is 22.0. The van der Waals surface area contributed by atoms with E-state index in [1.54, 1.807) is 6.08 Å². The van der Waals surface area contributed by atoms with Gasteiger partial charge in [-0.2, -0.15) is 0 Å². The van der Waals surface area contributed by atoms with Crippen molar-refractivity contribution in [3.63, 3.8) is 0 Å². The van der Waals surface area contributed by atoms with E-state index in [-0.39, 0.29) is 18.9 Å². The first-order chi connectivity index (χ1) is 53.3. The molecule has 0 aromatic carbocycles. The van der Waals surface area contributed by atoms with Crippen LogP contribution in [0.3, 0.4) is 0 Å². The quantitative estimate of drug-likeness (QED) is 0.0199. The molecule has 3 aliphatic rings. The minimum atomic E-state index is -1.98. The lowest BCUT2D eigenvalue weighted by Gasteiger charge is -2.48. The smallest absolute Gasteiger partial charge is 0.220 e. The molecule has 3 heterocycles. The van der Waals surface area contributed by atoms with Gasteiger partial charge in [0.2, 0.25) is 5.91 Å². The molecule has 0 radical (unpaired) electrons. The Morgan fingerprint density at radius 2 is 0.633 bits per heavy atom. The van der Waals surface area contributed by atoms with Gasteiger partial charge in [-0.05, 0) is 64.2 Å². The van der Waals surface area contributed by atoms with Crippen LogP contribution in [0.1, 0.15) is 361 Å². The average Bonchev–Trinajstić information content (AvgIpc) is 0.760. The van der Waals surface area contributed by atoms with Gasteiger partial charge >= 0.3 is 0 Å². The molecular formula is C90H163NO18. The molecule has 19 heteroatoms. The number of ether oxygens (including phenoxy) is 6. The summed E-state index contributed by atoms with van der Waals surface area (Å²) in [6, 6.07) is -0.976. The fourth-order valence-electron chi connectivity index (χ4n) is 14.9. The maximum Gasteiger partial charge on any atom is 0.220 e. The van der Waals surface area contributed by atoms with Gasteiger partial charge in [-0.1, -0.05) is 363 Å². The van der Waals surface area contributed by atoms with Crippen LogP contribution in [0.2, 0.25) is 0 Å². The molecule has 636 valence electrons. The van der Waals surface area contributed by atoms with E-state index in [0.717, 1.165) is 77.0 Å². The zero-order valence-corrected chi connectivity index (χ0v) is 68.5. The molecule has 0 aromatic heterocycles. The predicted octanol–water partition coefficient (Wildman–Crippen LogP) is 16.7. The van der Waals surface area contributed by atoms with Gasteiger partial charge in [0.1, 0.15) is 73.2 Å². The first kappa shape index (κ1) is 100. The lowest BCUT2D eigenvalue weighted by atomic mass is 9.96. The number of rotatable bonds is 72. The Kier molecular flexibility index (Phi) is 64.1. The van der Waals surface area contributed by atoms with Crippen LogP contribution in [-0.2, 0) is 33.2 Å². The van der Waals surface area contributed by atoms with Crippen molar-refractivity contribution < 1.29 is 89.4 Å². The number of hydrogen-bond donors (Lipinski definition) is 12. The molecular weight excluding hydrogens is 1380 g/mol. The number of aliphatic hydroxyl groups excluding tert-OH is 11. The Morgan fingerprint density at radius 1 is 0.339 bits per heavy atom. The number of allylic oxidation sites excluding steroid dienone is 11. The summed E-state index contributed by atoms with van der Waals surface area (Å²) in [4.78, 5) is 13.5. The van der Waals surface area contributed by atoms with Gasteiger partial charge in [-0.25, -0.2) is 0 Å². The molecule has 0 aliphatic carbocycles. The van der Waals surface area contributed by atoms with Crippen LogP contribution < -0.4 is 5.32 Å². The summed E-state index contributed by atoms with van der Waals surface area (Å²) in [6.45, 7) is 1.68. The summed E-state index contributed by atoms with van der Waals surface area (Å²) in [5.74, 6) is -0.270. The maximum absolute atomic E-state index is 13.5. The SMILES string of the molecule is CC/C=C\C/C=C\C/C=C\C/C=C\C/C=C\CCCCCCCCCCCCCCCCCCCCCCCC(=O)NC(COC1OC(CO)C(OC2OC(CO)C(OC3OC(CO)C(O)C(O)C3O)C(O)C2O)C(O)C1O)C(O)/C=C/CCCCCCCCCCCCCCCCCCCCCCCCCCC. The van der Waals surface area contributed by atoms with Crippen molar-refractivity contribution in [1.29, 1.82) is 0 Å². The van der Waals surface area contributed by atoms with E-state index in [1.807, 2.05) is 6.08 Å². The molecule has 3 rings (SSSR count). The lowest BCUT2D eigenvalue weighted by molar-refractivity contribution is -0.379. The van der Waals surface area contributed by atoms with E-state index < -0.39 is 124 Å². The molecule has 0 saturated carbocycles. The second-order valence-corrected chi connectivity index (χ2v) is 31.7. The first-order valence-corrected chi connectivity index (χ1v) is 44.7. The maximum atomic E-state index is 13.5. The van der Waals surface area contributed by atoms with E-state index in [0.29, 0.717) is 6.42 Å². The van der Waals surface area contributed by atoms with Gasteiger partial charge < -0.3 is 89.9 Å². The fourth-order valence-corrected chi connectivity index (χ4v) is 14.9. The van der Waals surface area contributed by atoms with E-state index in [4.69, 9.17) is 28.4 Å².